The smallest absolute Gasteiger partial charge is 0.254 e. The summed E-state index contributed by atoms with van der Waals surface area (Å²) in [5.41, 5.74) is 5.01. The quantitative estimate of drug-likeness (QED) is 0.665. The summed E-state index contributed by atoms with van der Waals surface area (Å²) < 4.78 is 1.09. The first kappa shape index (κ1) is 16.7. The van der Waals surface area contributed by atoms with Crippen molar-refractivity contribution in [2.24, 2.45) is 5.92 Å². The van der Waals surface area contributed by atoms with Crippen LogP contribution in [0.3, 0.4) is 0 Å². The number of hydrogen-bond acceptors (Lipinski definition) is 4. The van der Waals surface area contributed by atoms with E-state index in [1.54, 1.807) is 11.3 Å². The van der Waals surface area contributed by atoms with E-state index in [2.05, 4.69) is 45.1 Å². The van der Waals surface area contributed by atoms with E-state index < -0.39 is 0 Å². The summed E-state index contributed by atoms with van der Waals surface area (Å²) in [4.78, 5) is 22.8. The zero-order valence-corrected chi connectivity index (χ0v) is 16.5. The number of fused-ring (bicyclic) bond motifs is 3. The molecule has 4 aliphatic heterocycles. The topological polar surface area (TPSA) is 36.4 Å². The van der Waals surface area contributed by atoms with Crippen molar-refractivity contribution in [3.8, 4) is 0 Å². The Bertz CT molecular complexity index is 1020. The van der Waals surface area contributed by atoms with E-state index in [-0.39, 0.29) is 5.91 Å². The van der Waals surface area contributed by atoms with Crippen LogP contribution in [0.1, 0.15) is 34.7 Å². The number of nitrogens with zero attached hydrogens (tertiary/aromatic N) is 3. The molecule has 2 aromatic carbocycles. The Morgan fingerprint density at radius 2 is 1.86 bits per heavy atom. The third-order valence-electron chi connectivity index (χ3n) is 7.06. The van der Waals surface area contributed by atoms with E-state index in [9.17, 15) is 4.79 Å². The predicted molar refractivity (Wildman–Crippen MR) is 112 cm³/mol. The maximum absolute atomic E-state index is 13.6. The zero-order chi connectivity index (χ0) is 18.7. The standard InChI is InChI=1S/C23H23N3OS/c27-23(17-6-7-19-20(12-17)28-14-24-19)26-13-18(15-4-2-1-3-5-15)22-21(26)16-8-10-25(22)11-9-16/h1-7,12,14,16,18,21-22H,8-11,13H2/t18-,21-,22-/m1/s1. The number of hydrogen-bond donors (Lipinski definition) is 0. The molecule has 0 radical (unpaired) electrons. The van der Waals surface area contributed by atoms with Crippen molar-refractivity contribution in [1.82, 2.24) is 14.8 Å². The third-order valence-corrected chi connectivity index (χ3v) is 7.85. The molecule has 5 heterocycles. The minimum atomic E-state index is 0.192. The van der Waals surface area contributed by atoms with Crippen molar-refractivity contribution in [1.29, 1.82) is 0 Å². The molecule has 0 aliphatic carbocycles. The van der Waals surface area contributed by atoms with Crippen LogP contribution in [0, 0.1) is 5.92 Å². The third kappa shape index (κ3) is 2.46. The Morgan fingerprint density at radius 1 is 1.04 bits per heavy atom. The first-order chi connectivity index (χ1) is 13.8. The Morgan fingerprint density at radius 3 is 2.68 bits per heavy atom. The minimum absolute atomic E-state index is 0.192. The molecule has 4 fully saturated rings. The largest absolute Gasteiger partial charge is 0.333 e. The van der Waals surface area contributed by atoms with E-state index in [1.165, 1.54) is 31.5 Å². The van der Waals surface area contributed by atoms with Gasteiger partial charge in [0.2, 0.25) is 0 Å². The number of likely N-dealkylation sites (tertiary alicyclic amines) is 1. The Kier molecular flexibility index (Phi) is 3.81. The molecule has 4 saturated heterocycles. The molecule has 7 rings (SSSR count). The normalized spacial score (nSPS) is 31.3. The van der Waals surface area contributed by atoms with Crippen LogP contribution in [0.15, 0.2) is 54.0 Å². The molecule has 1 aromatic heterocycles. The van der Waals surface area contributed by atoms with Crippen molar-refractivity contribution in [3.05, 3.63) is 65.2 Å². The van der Waals surface area contributed by atoms with Crippen LogP contribution in [0.2, 0.25) is 0 Å². The number of thiazole rings is 1. The molecule has 3 atom stereocenters. The van der Waals surface area contributed by atoms with Crippen LogP contribution in [0.5, 0.6) is 0 Å². The maximum atomic E-state index is 13.6. The molecule has 3 aromatic rings. The number of aromatic nitrogens is 1. The van der Waals surface area contributed by atoms with Crippen molar-refractivity contribution in [2.45, 2.75) is 30.8 Å². The van der Waals surface area contributed by atoms with Gasteiger partial charge in [0.1, 0.15) is 0 Å². The van der Waals surface area contributed by atoms with Gasteiger partial charge in [-0.1, -0.05) is 30.3 Å². The molecular weight excluding hydrogens is 366 g/mol. The second-order valence-electron chi connectivity index (χ2n) is 8.36. The van der Waals surface area contributed by atoms with Crippen molar-refractivity contribution in [3.63, 3.8) is 0 Å². The summed E-state index contributed by atoms with van der Waals surface area (Å²) in [7, 11) is 0. The summed E-state index contributed by atoms with van der Waals surface area (Å²) >= 11 is 1.60. The highest BCUT2D eigenvalue weighted by Gasteiger charge is 2.54. The monoisotopic (exact) mass is 389 g/mol. The number of piperidine rings is 3. The van der Waals surface area contributed by atoms with E-state index in [1.807, 2.05) is 23.7 Å². The summed E-state index contributed by atoms with van der Waals surface area (Å²) in [5, 5.41) is 0. The fourth-order valence-corrected chi connectivity index (χ4v) is 6.52. The van der Waals surface area contributed by atoms with Crippen molar-refractivity contribution < 1.29 is 4.79 Å². The molecule has 0 N–H and O–H groups in total. The second kappa shape index (κ2) is 6.39. The highest BCUT2D eigenvalue weighted by molar-refractivity contribution is 7.16. The lowest BCUT2D eigenvalue weighted by molar-refractivity contribution is -0.00340. The molecule has 5 heteroatoms. The van der Waals surface area contributed by atoms with Crippen LogP contribution in [-0.2, 0) is 0 Å². The number of carbonyl (C=O) groups excluding carboxylic acids is 1. The summed E-state index contributed by atoms with van der Waals surface area (Å²) in [6.45, 7) is 3.19. The van der Waals surface area contributed by atoms with Gasteiger partial charge in [-0.15, -0.1) is 11.3 Å². The van der Waals surface area contributed by atoms with Gasteiger partial charge in [-0.25, -0.2) is 4.98 Å². The van der Waals surface area contributed by atoms with Gasteiger partial charge in [-0.05, 0) is 55.6 Å². The second-order valence-corrected chi connectivity index (χ2v) is 9.25. The van der Waals surface area contributed by atoms with Crippen LogP contribution in [0.4, 0.5) is 0 Å². The van der Waals surface area contributed by atoms with Crippen LogP contribution in [0.25, 0.3) is 10.2 Å². The molecule has 142 valence electrons. The van der Waals surface area contributed by atoms with Crippen LogP contribution in [-0.4, -0.2) is 52.4 Å². The van der Waals surface area contributed by atoms with E-state index in [0.717, 1.165) is 22.3 Å². The van der Waals surface area contributed by atoms with Gasteiger partial charge in [-0.2, -0.15) is 0 Å². The molecule has 4 nitrogen and oxygen atoms in total. The number of benzene rings is 2. The number of amides is 1. The van der Waals surface area contributed by atoms with Gasteiger partial charge in [0.25, 0.3) is 5.91 Å². The van der Waals surface area contributed by atoms with Crippen molar-refractivity contribution >= 4 is 27.5 Å². The average Bonchev–Trinajstić information content (AvgIpc) is 3.40. The van der Waals surface area contributed by atoms with E-state index >= 15 is 0 Å². The predicted octanol–water partition coefficient (Wildman–Crippen LogP) is 4.00. The van der Waals surface area contributed by atoms with Gasteiger partial charge in [0.15, 0.2) is 0 Å². The van der Waals surface area contributed by atoms with Crippen LogP contribution < -0.4 is 0 Å². The molecule has 28 heavy (non-hydrogen) atoms. The lowest BCUT2D eigenvalue weighted by Crippen LogP contribution is -2.60. The minimum Gasteiger partial charge on any atom is -0.333 e. The van der Waals surface area contributed by atoms with Crippen molar-refractivity contribution in [2.75, 3.05) is 19.6 Å². The van der Waals surface area contributed by atoms with E-state index in [4.69, 9.17) is 0 Å². The first-order valence-electron chi connectivity index (χ1n) is 10.2. The molecule has 0 spiro atoms. The molecule has 2 bridgehead atoms. The highest BCUT2D eigenvalue weighted by Crippen LogP contribution is 2.47. The molecule has 0 unspecified atom stereocenters. The molecule has 4 aliphatic rings. The maximum Gasteiger partial charge on any atom is 0.254 e. The molecule has 1 amide bonds. The van der Waals surface area contributed by atoms with Gasteiger partial charge < -0.3 is 4.90 Å². The fourth-order valence-electron chi connectivity index (χ4n) is 5.80. The Labute approximate surface area is 168 Å². The SMILES string of the molecule is O=C(c1ccc2ncsc2c1)N1C[C@H](c2ccccc2)[C@@H]2[C@H]1C1CCN2CC1. The summed E-state index contributed by atoms with van der Waals surface area (Å²) in [5.74, 6) is 1.24. The first-order valence-corrected chi connectivity index (χ1v) is 11.1. The van der Waals surface area contributed by atoms with E-state index in [0.29, 0.717) is 23.9 Å². The lowest BCUT2D eigenvalue weighted by atomic mass is 9.75. The van der Waals surface area contributed by atoms with Gasteiger partial charge in [-0.3, -0.25) is 9.69 Å². The van der Waals surface area contributed by atoms with Gasteiger partial charge >= 0.3 is 0 Å². The van der Waals surface area contributed by atoms with Gasteiger partial charge in [0.05, 0.1) is 21.8 Å². The Hall–Kier alpha value is -2.24. The zero-order valence-electron chi connectivity index (χ0n) is 15.7. The highest BCUT2D eigenvalue weighted by atomic mass is 32.1. The van der Waals surface area contributed by atoms with Crippen LogP contribution >= 0.6 is 11.3 Å². The lowest BCUT2D eigenvalue weighted by Gasteiger charge is -2.51. The molecule has 0 saturated carbocycles. The molecular formula is C23H23N3OS. The Balaban J connectivity index is 1.39. The van der Waals surface area contributed by atoms with Gasteiger partial charge in [0, 0.05) is 24.1 Å². The number of rotatable bonds is 2. The average molecular weight is 390 g/mol. The summed E-state index contributed by atoms with van der Waals surface area (Å²) in [6.07, 6.45) is 2.45. The summed E-state index contributed by atoms with van der Waals surface area (Å²) in [6, 6.07) is 17.6. The number of carbonyl (C=O) groups is 1. The fraction of sp³-hybridized carbons (Fsp3) is 0.391.